The molecule has 0 aromatic carbocycles. The van der Waals surface area contributed by atoms with Gasteiger partial charge in [0.25, 0.3) is 8.53 Å². The lowest BCUT2D eigenvalue weighted by Gasteiger charge is -2.35. The maximum atomic E-state index is 12.2. The highest BCUT2D eigenvalue weighted by atomic mass is 32.2. The Kier molecular flexibility index (Phi) is 12.1. The number of nitrogens with zero attached hydrogens (tertiary/aromatic N) is 2. The molecule has 0 aliphatic carbocycles. The Hall–Kier alpha value is -1.11. The molecule has 0 radical (unpaired) electrons. The minimum Gasteiger partial charge on any atom is -0.354 e. The van der Waals surface area contributed by atoms with Crippen molar-refractivity contribution in [1.29, 1.82) is 5.26 Å². The van der Waals surface area contributed by atoms with E-state index in [0.29, 0.717) is 37.9 Å². The van der Waals surface area contributed by atoms with Gasteiger partial charge in [-0.2, -0.15) is 17.0 Å². The number of nitrogens with one attached hydrogen (secondary N) is 3. The maximum Gasteiger partial charge on any atom is 0.315 e. The number of amides is 3. The van der Waals surface area contributed by atoms with Crippen molar-refractivity contribution in [3.63, 3.8) is 0 Å². The zero-order valence-electron chi connectivity index (χ0n) is 19.6. The molecule has 4 atom stereocenters. The second-order valence-electron chi connectivity index (χ2n) is 8.60. The lowest BCUT2D eigenvalue weighted by Crippen LogP contribution is -2.36. The number of urea groups is 1. The Morgan fingerprint density at radius 1 is 1.25 bits per heavy atom. The van der Waals surface area contributed by atoms with Gasteiger partial charge in [0.15, 0.2) is 0 Å². The fourth-order valence-electron chi connectivity index (χ4n) is 3.99. The van der Waals surface area contributed by atoms with Gasteiger partial charge in [-0.15, -0.1) is 0 Å². The largest absolute Gasteiger partial charge is 0.354 e. The molecule has 0 aromatic heterocycles. The minimum absolute atomic E-state index is 0.0284. The highest BCUT2D eigenvalue weighted by molar-refractivity contribution is 8.00. The molecule has 2 aliphatic heterocycles. The molecule has 11 heteroatoms. The summed E-state index contributed by atoms with van der Waals surface area (Å²) < 4.78 is 14.0. The number of rotatable bonds is 15. The van der Waals surface area contributed by atoms with Crippen LogP contribution < -0.4 is 16.0 Å². The smallest absolute Gasteiger partial charge is 0.315 e. The fraction of sp³-hybridized carbons (Fsp3) is 0.857. The number of nitriles is 1. The lowest BCUT2D eigenvalue weighted by molar-refractivity contribution is -0.121. The van der Waals surface area contributed by atoms with Crippen molar-refractivity contribution in [3.05, 3.63) is 0 Å². The number of thioether (sulfide) groups is 1. The third kappa shape index (κ3) is 8.68. The number of carbonyl (C=O) groups excluding carboxylic acids is 2. The van der Waals surface area contributed by atoms with Crippen LogP contribution in [0.1, 0.15) is 59.8 Å². The maximum absolute atomic E-state index is 12.2. The van der Waals surface area contributed by atoms with Crippen molar-refractivity contribution >= 4 is 32.2 Å². The van der Waals surface area contributed by atoms with Gasteiger partial charge in [-0.05, 0) is 40.5 Å². The molecule has 2 rings (SSSR count). The first kappa shape index (κ1) is 27.1. The molecular weight excluding hydrogens is 449 g/mol. The van der Waals surface area contributed by atoms with E-state index in [2.05, 4.69) is 54.4 Å². The zero-order valence-corrected chi connectivity index (χ0v) is 21.3. The van der Waals surface area contributed by atoms with Gasteiger partial charge in [0, 0.05) is 36.1 Å². The quantitative estimate of drug-likeness (QED) is 0.185. The van der Waals surface area contributed by atoms with Crippen molar-refractivity contribution in [2.24, 2.45) is 0 Å². The van der Waals surface area contributed by atoms with Crippen LogP contribution in [0.5, 0.6) is 0 Å². The predicted octanol–water partition coefficient (Wildman–Crippen LogP) is 3.12. The van der Waals surface area contributed by atoms with Gasteiger partial charge < -0.3 is 25.0 Å². The summed E-state index contributed by atoms with van der Waals surface area (Å²) in [5, 5.41) is 18.1. The first-order valence-corrected chi connectivity index (χ1v) is 13.7. The van der Waals surface area contributed by atoms with Crippen LogP contribution in [0.2, 0.25) is 0 Å². The van der Waals surface area contributed by atoms with Crippen LogP contribution in [-0.2, 0) is 13.8 Å². The van der Waals surface area contributed by atoms with E-state index < -0.39 is 8.53 Å². The van der Waals surface area contributed by atoms with Gasteiger partial charge >= 0.3 is 6.03 Å². The van der Waals surface area contributed by atoms with Crippen molar-refractivity contribution in [1.82, 2.24) is 20.6 Å². The average molecular weight is 488 g/mol. The number of unbranched alkanes of at least 4 members (excludes halogenated alkanes) is 1. The Balaban J connectivity index is 1.61. The number of hydrogen-bond acceptors (Lipinski definition) is 7. The lowest BCUT2D eigenvalue weighted by atomic mass is 10.0. The number of fused-ring (bicyclic) bond motifs is 1. The molecular formula is C21H38N5O4PS. The monoisotopic (exact) mass is 487 g/mol. The second-order valence-corrected chi connectivity index (χ2v) is 11.3. The van der Waals surface area contributed by atoms with Crippen LogP contribution >= 0.6 is 20.3 Å². The van der Waals surface area contributed by atoms with Crippen LogP contribution in [0.4, 0.5) is 4.79 Å². The van der Waals surface area contributed by atoms with E-state index in [1.54, 1.807) is 0 Å². The van der Waals surface area contributed by atoms with Gasteiger partial charge in [-0.1, -0.05) is 6.42 Å². The van der Waals surface area contributed by atoms with Crippen LogP contribution in [0.15, 0.2) is 0 Å². The van der Waals surface area contributed by atoms with Crippen LogP contribution in [0.25, 0.3) is 0 Å². The SMILES string of the molecule is CC(C)N(C(C)C)P(OCCC#N)OCCNC(=O)CCCC[C@@H]1SC[C@@H]2NC(=O)N[C@@H]21. The Labute approximate surface area is 197 Å². The normalized spacial score (nSPS) is 23.2. The van der Waals surface area contributed by atoms with E-state index in [1.165, 1.54) is 0 Å². The van der Waals surface area contributed by atoms with E-state index in [9.17, 15) is 9.59 Å². The molecule has 0 aromatic rings. The molecule has 32 heavy (non-hydrogen) atoms. The van der Waals surface area contributed by atoms with Gasteiger partial charge in [-0.3, -0.25) is 4.79 Å². The van der Waals surface area contributed by atoms with Crippen LogP contribution in [-0.4, -0.2) is 71.5 Å². The summed E-state index contributed by atoms with van der Waals surface area (Å²) in [7, 11) is -1.28. The molecule has 0 bridgehead atoms. The minimum atomic E-state index is -1.28. The van der Waals surface area contributed by atoms with Crippen LogP contribution in [0, 0.1) is 11.3 Å². The molecule has 2 saturated heterocycles. The number of carbonyl (C=O) groups is 2. The first-order chi connectivity index (χ1) is 15.3. The van der Waals surface area contributed by atoms with Crippen molar-refractivity contribution in [2.75, 3.05) is 25.5 Å². The van der Waals surface area contributed by atoms with Crippen molar-refractivity contribution < 1.29 is 18.6 Å². The summed E-state index contributed by atoms with van der Waals surface area (Å²) >= 11 is 1.90. The van der Waals surface area contributed by atoms with E-state index in [-0.39, 0.29) is 36.1 Å². The van der Waals surface area contributed by atoms with E-state index in [1.807, 2.05) is 11.8 Å². The summed E-state index contributed by atoms with van der Waals surface area (Å²) in [6.07, 6.45) is 3.63. The summed E-state index contributed by atoms with van der Waals surface area (Å²) in [4.78, 5) is 23.6. The van der Waals surface area contributed by atoms with E-state index in [0.717, 1.165) is 25.0 Å². The fourth-order valence-corrected chi connectivity index (χ4v) is 7.12. The molecule has 3 amide bonds. The molecule has 2 fully saturated rings. The summed E-state index contributed by atoms with van der Waals surface area (Å²) in [6.45, 7) is 9.51. The molecule has 2 aliphatic rings. The van der Waals surface area contributed by atoms with Gasteiger partial charge in [-0.25, -0.2) is 9.46 Å². The molecule has 9 nitrogen and oxygen atoms in total. The van der Waals surface area contributed by atoms with Gasteiger partial charge in [0.2, 0.25) is 5.91 Å². The average Bonchev–Trinajstić information content (AvgIpc) is 3.27. The molecule has 3 N–H and O–H groups in total. The Bertz CT molecular complexity index is 640. The molecule has 1 unspecified atom stereocenters. The van der Waals surface area contributed by atoms with Gasteiger partial charge in [0.1, 0.15) is 0 Å². The van der Waals surface area contributed by atoms with Crippen molar-refractivity contribution in [3.8, 4) is 6.07 Å². The number of hydrogen-bond donors (Lipinski definition) is 3. The molecule has 2 heterocycles. The van der Waals surface area contributed by atoms with E-state index >= 15 is 0 Å². The molecule has 0 saturated carbocycles. The molecule has 182 valence electrons. The highest BCUT2D eigenvalue weighted by Gasteiger charge is 2.42. The van der Waals surface area contributed by atoms with E-state index in [4.69, 9.17) is 14.3 Å². The Morgan fingerprint density at radius 3 is 2.66 bits per heavy atom. The summed E-state index contributed by atoms with van der Waals surface area (Å²) in [5.74, 6) is 0.989. The first-order valence-electron chi connectivity index (χ1n) is 11.5. The summed E-state index contributed by atoms with van der Waals surface area (Å²) in [6, 6.07) is 3.00. The highest BCUT2D eigenvalue weighted by Crippen LogP contribution is 2.45. The third-order valence-corrected chi connectivity index (χ3v) is 8.99. The van der Waals surface area contributed by atoms with Gasteiger partial charge in [0.05, 0.1) is 37.8 Å². The molecule has 0 spiro atoms. The van der Waals surface area contributed by atoms with Crippen LogP contribution in [0.3, 0.4) is 0 Å². The predicted molar refractivity (Wildman–Crippen MR) is 128 cm³/mol. The standard InChI is InChI=1S/C21H38N5O4PS/c1-15(2)26(16(3)4)31(29-12-7-10-22)30-13-11-23-19(27)9-6-5-8-18-20-17(14-32-18)24-21(28)25-20/h15-18,20H,5-9,11-14H2,1-4H3,(H,23,27)(H2,24,25,28)/t17-,18-,20-,31?/m0/s1. The third-order valence-electron chi connectivity index (χ3n) is 5.37. The van der Waals surface area contributed by atoms with Crippen molar-refractivity contribution in [2.45, 2.75) is 89.2 Å². The zero-order chi connectivity index (χ0) is 23.5. The second kappa shape index (κ2) is 14.2. The Morgan fingerprint density at radius 2 is 1.97 bits per heavy atom. The topological polar surface area (TPSA) is 116 Å². The summed E-state index contributed by atoms with van der Waals surface area (Å²) in [5.41, 5.74) is 0.